The van der Waals surface area contributed by atoms with Crippen molar-refractivity contribution in [2.24, 2.45) is 44.3 Å². The number of carbonyl (C=O) groups is 1. The molecular weight excluding hydrogens is 484 g/mol. The van der Waals surface area contributed by atoms with Gasteiger partial charge in [0.2, 0.25) is 0 Å². The zero-order valence-corrected chi connectivity index (χ0v) is 26.8. The topological polar surface area (TPSA) is 66.8 Å². The van der Waals surface area contributed by atoms with Crippen molar-refractivity contribution in [3.63, 3.8) is 0 Å². The van der Waals surface area contributed by atoms with E-state index in [-0.39, 0.29) is 50.5 Å². The lowest BCUT2D eigenvalue weighted by atomic mass is 9.38. The standard InChI is InChI=1S/C35H56O4/c1-22(30(5,6)38)13-14-26(28(37)39-12)35(11)23(2)21-32(8)25-15-19-33(9)29(3,4)27(36)17-18-31(33,7)24(25)16-20-34(32,35)10/h15-16,23,26-27,36,38H,1,13-14,17-21H2,2-12H3/t23-,26+,27+,31-,32+,33+,34+,35-/m1/s1. The van der Waals surface area contributed by atoms with Crippen molar-refractivity contribution >= 4 is 5.97 Å². The Morgan fingerprint density at radius 1 is 1.05 bits per heavy atom. The van der Waals surface area contributed by atoms with E-state index in [9.17, 15) is 15.0 Å². The molecule has 2 saturated carbocycles. The second-order valence-electron chi connectivity index (χ2n) is 15.9. The number of aliphatic hydroxyl groups is 2. The molecule has 4 nitrogen and oxygen atoms in total. The highest BCUT2D eigenvalue weighted by atomic mass is 16.5. The highest BCUT2D eigenvalue weighted by molar-refractivity contribution is 5.74. The fourth-order valence-electron chi connectivity index (χ4n) is 10.1. The van der Waals surface area contributed by atoms with E-state index in [1.807, 2.05) is 0 Å². The molecule has 0 aromatic rings. The van der Waals surface area contributed by atoms with E-state index in [4.69, 9.17) is 4.74 Å². The van der Waals surface area contributed by atoms with Crippen LogP contribution in [0.2, 0.25) is 0 Å². The van der Waals surface area contributed by atoms with E-state index in [2.05, 4.69) is 74.1 Å². The zero-order valence-electron chi connectivity index (χ0n) is 26.8. The molecule has 0 radical (unpaired) electrons. The number of hydrogen-bond donors (Lipinski definition) is 2. The maximum absolute atomic E-state index is 13.5. The molecule has 0 spiro atoms. The lowest BCUT2D eigenvalue weighted by molar-refractivity contribution is -0.159. The molecule has 4 heteroatoms. The van der Waals surface area contributed by atoms with Crippen molar-refractivity contribution in [3.05, 3.63) is 35.5 Å². The molecule has 39 heavy (non-hydrogen) atoms. The molecule has 0 heterocycles. The normalized spacial score (nSPS) is 43.8. The first kappa shape index (κ1) is 30.6. The second-order valence-corrected chi connectivity index (χ2v) is 15.9. The molecule has 0 saturated heterocycles. The molecule has 4 aliphatic rings. The van der Waals surface area contributed by atoms with Crippen LogP contribution in [0.1, 0.15) is 114 Å². The van der Waals surface area contributed by atoms with E-state index >= 15 is 0 Å². The number of carbonyl (C=O) groups excluding carboxylic acids is 1. The molecule has 4 aliphatic carbocycles. The molecule has 0 aromatic heterocycles. The average Bonchev–Trinajstić information content (AvgIpc) is 3.00. The van der Waals surface area contributed by atoms with E-state index in [1.54, 1.807) is 13.8 Å². The molecule has 2 fully saturated rings. The van der Waals surface area contributed by atoms with Gasteiger partial charge < -0.3 is 14.9 Å². The largest absolute Gasteiger partial charge is 0.469 e. The molecule has 0 bridgehead atoms. The van der Waals surface area contributed by atoms with Crippen LogP contribution >= 0.6 is 0 Å². The third-order valence-corrected chi connectivity index (χ3v) is 14.3. The van der Waals surface area contributed by atoms with Gasteiger partial charge in [0.15, 0.2) is 0 Å². The lowest BCUT2D eigenvalue weighted by Gasteiger charge is -2.66. The Bertz CT molecular complexity index is 1110. The van der Waals surface area contributed by atoms with Gasteiger partial charge in [0.05, 0.1) is 24.7 Å². The minimum absolute atomic E-state index is 0.00141. The first-order valence-corrected chi connectivity index (χ1v) is 15.3. The number of hydrogen-bond acceptors (Lipinski definition) is 4. The van der Waals surface area contributed by atoms with Crippen LogP contribution in [0, 0.1) is 44.3 Å². The molecule has 220 valence electrons. The van der Waals surface area contributed by atoms with Gasteiger partial charge in [-0.2, -0.15) is 0 Å². The summed E-state index contributed by atoms with van der Waals surface area (Å²) in [4.78, 5) is 13.5. The fourth-order valence-corrected chi connectivity index (χ4v) is 10.1. The predicted octanol–water partition coefficient (Wildman–Crippen LogP) is 7.80. The summed E-state index contributed by atoms with van der Waals surface area (Å²) in [6.07, 6.45) is 10.7. The number of rotatable bonds is 6. The Morgan fingerprint density at radius 2 is 1.59 bits per heavy atom. The van der Waals surface area contributed by atoms with Gasteiger partial charge in [-0.1, -0.05) is 74.1 Å². The Balaban J connectivity index is 1.81. The van der Waals surface area contributed by atoms with Crippen molar-refractivity contribution in [1.29, 1.82) is 0 Å². The SMILES string of the molecule is C=C(CC[C@@H](C(=O)OC)[C@@]1(C)[C@H](C)C[C@@]2(C)C3=CC[C@@]4(C)C(C)(C)[C@@H](O)CC[C@]4(C)C3=CC[C@]12C)C(C)(C)O. The maximum atomic E-state index is 13.5. The van der Waals surface area contributed by atoms with Gasteiger partial charge in [-0.25, -0.2) is 0 Å². The highest BCUT2D eigenvalue weighted by Gasteiger charge is 2.72. The highest BCUT2D eigenvalue weighted by Crippen LogP contribution is 2.78. The van der Waals surface area contributed by atoms with Crippen molar-refractivity contribution in [2.75, 3.05) is 7.11 Å². The summed E-state index contributed by atoms with van der Waals surface area (Å²) in [6.45, 7) is 26.6. The third kappa shape index (κ3) is 3.72. The van der Waals surface area contributed by atoms with Crippen LogP contribution in [0.5, 0.6) is 0 Å². The summed E-state index contributed by atoms with van der Waals surface area (Å²) in [5.41, 5.74) is 2.06. The quantitative estimate of drug-likeness (QED) is 0.266. The van der Waals surface area contributed by atoms with Gasteiger partial charge in [0, 0.05) is 0 Å². The Morgan fingerprint density at radius 3 is 2.13 bits per heavy atom. The predicted molar refractivity (Wildman–Crippen MR) is 159 cm³/mol. The van der Waals surface area contributed by atoms with Crippen molar-refractivity contribution in [3.8, 4) is 0 Å². The van der Waals surface area contributed by atoms with E-state index in [0.29, 0.717) is 18.8 Å². The lowest BCUT2D eigenvalue weighted by Crippen LogP contribution is -2.61. The fraction of sp³-hybridized carbons (Fsp3) is 0.800. The van der Waals surface area contributed by atoms with Crippen LogP contribution in [0.4, 0.5) is 0 Å². The van der Waals surface area contributed by atoms with Crippen LogP contribution in [0.15, 0.2) is 35.5 Å². The van der Waals surface area contributed by atoms with Crippen LogP contribution in [-0.2, 0) is 9.53 Å². The van der Waals surface area contributed by atoms with Gasteiger partial charge >= 0.3 is 5.97 Å². The van der Waals surface area contributed by atoms with Crippen molar-refractivity contribution < 1.29 is 19.7 Å². The number of ether oxygens (including phenoxy) is 1. The van der Waals surface area contributed by atoms with Gasteiger partial charge in [-0.15, -0.1) is 0 Å². The average molecular weight is 541 g/mol. The number of esters is 1. The minimum Gasteiger partial charge on any atom is -0.469 e. The first-order valence-electron chi connectivity index (χ1n) is 15.3. The summed E-state index contributed by atoms with van der Waals surface area (Å²) in [5, 5.41) is 21.6. The van der Waals surface area contributed by atoms with Crippen LogP contribution < -0.4 is 0 Å². The Labute approximate surface area is 238 Å². The van der Waals surface area contributed by atoms with Crippen LogP contribution in [-0.4, -0.2) is 35.0 Å². The van der Waals surface area contributed by atoms with Crippen molar-refractivity contribution in [1.82, 2.24) is 0 Å². The summed E-state index contributed by atoms with van der Waals surface area (Å²) in [6, 6.07) is 0. The molecule has 0 unspecified atom stereocenters. The number of allylic oxidation sites excluding steroid dienone is 4. The van der Waals surface area contributed by atoms with Crippen LogP contribution in [0.25, 0.3) is 0 Å². The third-order valence-electron chi connectivity index (χ3n) is 14.3. The number of aliphatic hydroxyl groups excluding tert-OH is 1. The molecule has 0 aromatic carbocycles. The first-order chi connectivity index (χ1) is 17.7. The van der Waals surface area contributed by atoms with Gasteiger partial charge in [0.25, 0.3) is 0 Å². The summed E-state index contributed by atoms with van der Waals surface area (Å²) in [7, 11) is 1.51. The second kappa shape index (κ2) is 9.05. The number of fused-ring (bicyclic) bond motifs is 5. The van der Waals surface area contributed by atoms with E-state index < -0.39 is 5.60 Å². The summed E-state index contributed by atoms with van der Waals surface area (Å²) in [5.74, 6) is -0.119. The Kier molecular flexibility index (Phi) is 7.10. The van der Waals surface area contributed by atoms with E-state index in [0.717, 1.165) is 37.7 Å². The Hall–Kier alpha value is -1.39. The van der Waals surface area contributed by atoms with Gasteiger partial charge in [-0.3, -0.25) is 4.79 Å². The molecule has 2 N–H and O–H groups in total. The monoisotopic (exact) mass is 540 g/mol. The molecule has 0 aliphatic heterocycles. The van der Waals surface area contributed by atoms with E-state index in [1.165, 1.54) is 18.3 Å². The molecule has 0 amide bonds. The van der Waals surface area contributed by atoms with Crippen LogP contribution in [0.3, 0.4) is 0 Å². The summed E-state index contributed by atoms with van der Waals surface area (Å²) >= 11 is 0. The molecule has 8 atom stereocenters. The molecular formula is C35H56O4. The molecule has 4 rings (SSSR count). The minimum atomic E-state index is -0.972. The van der Waals surface area contributed by atoms with Gasteiger partial charge in [0.1, 0.15) is 0 Å². The van der Waals surface area contributed by atoms with Crippen molar-refractivity contribution in [2.45, 2.75) is 126 Å². The van der Waals surface area contributed by atoms with Gasteiger partial charge in [-0.05, 0) is 114 Å². The maximum Gasteiger partial charge on any atom is 0.309 e. The zero-order chi connectivity index (χ0) is 29.6. The number of methoxy groups -OCH3 is 1. The summed E-state index contributed by atoms with van der Waals surface area (Å²) < 4.78 is 5.47. The smallest absolute Gasteiger partial charge is 0.309 e.